The standard InChI is InChI=1S/C24H31N3O3S/c1-4-8-18(22-24(29)30-22)26-23(28)15-10-11-20-19(13-15)25-21(14-17-9-7-12-31-17)27(20)16(5-2)6-3/h7,9-13,16,18,22,24,29H,4-6,8,14H2,1-3H3,(H,26,28). The fraction of sp³-hybridized carbons (Fsp3) is 0.500. The molecule has 1 fully saturated rings. The number of imidazole rings is 1. The van der Waals surface area contributed by atoms with Crippen LogP contribution in [-0.4, -0.2) is 39.0 Å². The van der Waals surface area contributed by atoms with E-state index in [0.717, 1.165) is 49.0 Å². The van der Waals surface area contributed by atoms with E-state index in [2.05, 4.69) is 48.2 Å². The third-order valence-electron chi connectivity index (χ3n) is 6.06. The summed E-state index contributed by atoms with van der Waals surface area (Å²) in [5.74, 6) is 0.891. The van der Waals surface area contributed by atoms with Gasteiger partial charge in [-0.05, 0) is 48.9 Å². The first-order valence-corrected chi connectivity index (χ1v) is 12.1. The summed E-state index contributed by atoms with van der Waals surface area (Å²) in [6, 6.07) is 10.2. The van der Waals surface area contributed by atoms with Gasteiger partial charge in [-0.25, -0.2) is 4.98 Å². The summed E-state index contributed by atoms with van der Waals surface area (Å²) in [5, 5.41) is 14.7. The van der Waals surface area contributed by atoms with Crippen molar-refractivity contribution in [1.29, 1.82) is 0 Å². The summed E-state index contributed by atoms with van der Waals surface area (Å²) in [6.07, 6.45) is 3.45. The minimum absolute atomic E-state index is 0.153. The summed E-state index contributed by atoms with van der Waals surface area (Å²) < 4.78 is 7.54. The maximum atomic E-state index is 12.9. The third-order valence-corrected chi connectivity index (χ3v) is 6.93. The van der Waals surface area contributed by atoms with E-state index in [4.69, 9.17) is 9.72 Å². The van der Waals surface area contributed by atoms with Crippen LogP contribution >= 0.6 is 11.3 Å². The molecule has 7 heteroatoms. The zero-order valence-corrected chi connectivity index (χ0v) is 19.2. The first kappa shape index (κ1) is 22.0. The first-order valence-electron chi connectivity index (χ1n) is 11.2. The van der Waals surface area contributed by atoms with Crippen LogP contribution in [0.3, 0.4) is 0 Å². The number of hydrogen-bond donors (Lipinski definition) is 2. The van der Waals surface area contributed by atoms with Gasteiger partial charge in [0.25, 0.3) is 5.91 Å². The predicted molar refractivity (Wildman–Crippen MR) is 124 cm³/mol. The van der Waals surface area contributed by atoms with Crippen molar-refractivity contribution in [1.82, 2.24) is 14.9 Å². The number of carbonyl (C=O) groups is 1. The maximum absolute atomic E-state index is 12.9. The van der Waals surface area contributed by atoms with E-state index in [9.17, 15) is 9.90 Å². The number of amides is 1. The molecule has 3 unspecified atom stereocenters. The number of carbonyl (C=O) groups excluding carboxylic acids is 1. The lowest BCUT2D eigenvalue weighted by Gasteiger charge is -2.19. The number of aliphatic hydroxyl groups is 1. The molecule has 0 aliphatic carbocycles. The van der Waals surface area contributed by atoms with Crippen molar-refractivity contribution in [2.75, 3.05) is 0 Å². The van der Waals surface area contributed by atoms with E-state index in [1.165, 1.54) is 4.88 Å². The predicted octanol–water partition coefficient (Wildman–Crippen LogP) is 4.67. The van der Waals surface area contributed by atoms with E-state index in [-0.39, 0.29) is 18.1 Å². The highest BCUT2D eigenvalue weighted by Gasteiger charge is 2.44. The van der Waals surface area contributed by atoms with Gasteiger partial charge in [-0.2, -0.15) is 0 Å². The van der Waals surface area contributed by atoms with Crippen LogP contribution in [0.15, 0.2) is 35.7 Å². The molecule has 31 heavy (non-hydrogen) atoms. The van der Waals surface area contributed by atoms with Gasteiger partial charge in [0.1, 0.15) is 11.9 Å². The summed E-state index contributed by atoms with van der Waals surface area (Å²) in [5.41, 5.74) is 2.50. The van der Waals surface area contributed by atoms with Gasteiger partial charge in [0.05, 0.1) is 17.1 Å². The molecule has 2 N–H and O–H groups in total. The van der Waals surface area contributed by atoms with Crippen LogP contribution in [0.25, 0.3) is 11.0 Å². The van der Waals surface area contributed by atoms with Crippen LogP contribution < -0.4 is 5.32 Å². The van der Waals surface area contributed by atoms with Gasteiger partial charge in [-0.3, -0.25) is 4.79 Å². The number of nitrogens with one attached hydrogen (secondary N) is 1. The quantitative estimate of drug-likeness (QED) is 0.448. The van der Waals surface area contributed by atoms with Gasteiger partial charge in [0, 0.05) is 22.9 Å². The maximum Gasteiger partial charge on any atom is 0.251 e. The lowest BCUT2D eigenvalue weighted by Crippen LogP contribution is -2.39. The molecule has 1 aliphatic heterocycles. The number of benzene rings is 1. The second-order valence-electron chi connectivity index (χ2n) is 8.19. The van der Waals surface area contributed by atoms with E-state index in [1.54, 1.807) is 11.3 Å². The molecule has 0 radical (unpaired) electrons. The highest BCUT2D eigenvalue weighted by atomic mass is 32.1. The van der Waals surface area contributed by atoms with Crippen molar-refractivity contribution < 1.29 is 14.6 Å². The number of thiophene rings is 1. The normalized spacial score (nSPS) is 19.1. The number of rotatable bonds is 10. The fourth-order valence-corrected chi connectivity index (χ4v) is 5.04. The average molecular weight is 442 g/mol. The molecule has 0 bridgehead atoms. The number of aromatic nitrogens is 2. The Morgan fingerprint density at radius 3 is 2.68 bits per heavy atom. The summed E-state index contributed by atoms with van der Waals surface area (Å²) in [6.45, 7) is 6.47. The van der Waals surface area contributed by atoms with Crippen LogP contribution in [0.2, 0.25) is 0 Å². The van der Waals surface area contributed by atoms with Gasteiger partial charge in [0.15, 0.2) is 6.29 Å². The van der Waals surface area contributed by atoms with Crippen LogP contribution in [0.1, 0.15) is 73.6 Å². The van der Waals surface area contributed by atoms with Crippen molar-refractivity contribution in [3.63, 3.8) is 0 Å². The Kier molecular flexibility index (Phi) is 6.74. The fourth-order valence-electron chi connectivity index (χ4n) is 4.34. The lowest BCUT2D eigenvalue weighted by atomic mass is 10.1. The van der Waals surface area contributed by atoms with Crippen molar-refractivity contribution in [2.45, 2.75) is 77.4 Å². The molecule has 0 saturated carbocycles. The van der Waals surface area contributed by atoms with Crippen molar-refractivity contribution in [2.24, 2.45) is 0 Å². The van der Waals surface area contributed by atoms with E-state index >= 15 is 0 Å². The Bertz CT molecular complexity index is 1030. The zero-order chi connectivity index (χ0) is 22.0. The van der Waals surface area contributed by atoms with Crippen LogP contribution in [0, 0.1) is 0 Å². The second-order valence-corrected chi connectivity index (χ2v) is 9.22. The van der Waals surface area contributed by atoms with Crippen molar-refractivity contribution >= 4 is 28.3 Å². The summed E-state index contributed by atoms with van der Waals surface area (Å²) in [4.78, 5) is 19.2. The van der Waals surface area contributed by atoms with E-state index in [1.807, 2.05) is 18.2 Å². The SMILES string of the molecule is CCCC(NC(=O)c1ccc2c(c1)nc(Cc1cccs1)n2C(CC)CC)C1OC1O. The summed E-state index contributed by atoms with van der Waals surface area (Å²) in [7, 11) is 0. The smallest absolute Gasteiger partial charge is 0.251 e. The summed E-state index contributed by atoms with van der Waals surface area (Å²) >= 11 is 1.74. The molecule has 166 valence electrons. The Morgan fingerprint density at radius 2 is 2.06 bits per heavy atom. The Labute approximate surface area is 187 Å². The first-order chi connectivity index (χ1) is 15.0. The molecule has 1 aromatic carbocycles. The van der Waals surface area contributed by atoms with Crippen molar-refractivity contribution in [3.05, 3.63) is 52.0 Å². The van der Waals surface area contributed by atoms with Gasteiger partial charge >= 0.3 is 0 Å². The number of epoxide rings is 1. The zero-order valence-electron chi connectivity index (χ0n) is 18.4. The minimum Gasteiger partial charge on any atom is -0.366 e. The molecule has 3 aromatic rings. The molecule has 0 spiro atoms. The minimum atomic E-state index is -0.769. The monoisotopic (exact) mass is 441 g/mol. The molecule has 4 rings (SSSR count). The van der Waals surface area contributed by atoms with Gasteiger partial charge in [0.2, 0.25) is 0 Å². The van der Waals surface area contributed by atoms with Crippen LogP contribution in [0.5, 0.6) is 0 Å². The second kappa shape index (κ2) is 9.51. The molecule has 3 atom stereocenters. The largest absolute Gasteiger partial charge is 0.366 e. The average Bonchev–Trinajstić information content (AvgIpc) is 3.14. The third kappa shape index (κ3) is 4.68. The molecule has 1 amide bonds. The Hall–Kier alpha value is -2.22. The van der Waals surface area contributed by atoms with Crippen LogP contribution in [-0.2, 0) is 11.2 Å². The number of ether oxygens (including phenoxy) is 1. The molecule has 2 aromatic heterocycles. The molecule has 1 aliphatic rings. The molecule has 1 saturated heterocycles. The number of hydrogen-bond acceptors (Lipinski definition) is 5. The van der Waals surface area contributed by atoms with Gasteiger partial charge in [-0.15, -0.1) is 11.3 Å². The number of fused-ring (bicyclic) bond motifs is 1. The molecular formula is C24H31N3O3S. The topological polar surface area (TPSA) is 79.7 Å². The molecular weight excluding hydrogens is 410 g/mol. The van der Waals surface area contributed by atoms with E-state index in [0.29, 0.717) is 11.6 Å². The lowest BCUT2D eigenvalue weighted by molar-refractivity contribution is 0.0926. The molecule has 3 heterocycles. The highest BCUT2D eigenvalue weighted by Crippen LogP contribution is 2.29. The number of aliphatic hydroxyl groups excluding tert-OH is 1. The van der Waals surface area contributed by atoms with Gasteiger partial charge < -0.3 is 19.7 Å². The number of nitrogens with zero attached hydrogens (tertiary/aromatic N) is 2. The molecule has 6 nitrogen and oxygen atoms in total. The van der Waals surface area contributed by atoms with E-state index < -0.39 is 6.29 Å². The van der Waals surface area contributed by atoms with Crippen LogP contribution in [0.4, 0.5) is 0 Å². The highest BCUT2D eigenvalue weighted by molar-refractivity contribution is 7.09. The Balaban J connectivity index is 1.64. The van der Waals surface area contributed by atoms with Gasteiger partial charge in [-0.1, -0.05) is 33.3 Å². The van der Waals surface area contributed by atoms with Crippen molar-refractivity contribution in [3.8, 4) is 0 Å². The Morgan fingerprint density at radius 1 is 1.29 bits per heavy atom.